The Balaban J connectivity index is 1.42. The van der Waals surface area contributed by atoms with Crippen molar-refractivity contribution in [1.82, 2.24) is 4.90 Å². The fourth-order valence-electron chi connectivity index (χ4n) is 5.69. The molecule has 2 heterocycles. The Labute approximate surface area is 262 Å². The van der Waals surface area contributed by atoms with Crippen LogP contribution < -0.4 is 24.4 Å². The molecule has 0 saturated carbocycles. The summed E-state index contributed by atoms with van der Waals surface area (Å²) in [4.78, 5) is 29.1. The second-order valence-electron chi connectivity index (χ2n) is 11.8. The van der Waals surface area contributed by atoms with E-state index in [4.69, 9.17) is 18.9 Å². The van der Waals surface area contributed by atoms with Gasteiger partial charge in [0.15, 0.2) is 0 Å². The highest BCUT2D eigenvalue weighted by atomic mass is 19.1. The Morgan fingerprint density at radius 3 is 2.53 bits per heavy atom. The molecule has 1 atom stereocenters. The normalized spacial score (nSPS) is 16.5. The van der Waals surface area contributed by atoms with Gasteiger partial charge >= 0.3 is 0 Å². The van der Waals surface area contributed by atoms with Crippen LogP contribution in [0.3, 0.4) is 0 Å². The lowest BCUT2D eigenvalue weighted by atomic mass is 9.91. The minimum Gasteiger partial charge on any atom is -0.496 e. The summed E-state index contributed by atoms with van der Waals surface area (Å²) < 4.78 is 37.1. The molecule has 0 aromatic heterocycles. The van der Waals surface area contributed by atoms with Crippen LogP contribution in [0.5, 0.6) is 17.2 Å². The quantitative estimate of drug-likeness (QED) is 0.340. The van der Waals surface area contributed by atoms with E-state index in [1.807, 2.05) is 39.0 Å². The van der Waals surface area contributed by atoms with Crippen LogP contribution in [-0.4, -0.2) is 80.5 Å². The number of anilines is 2. The molecule has 1 saturated heterocycles. The van der Waals surface area contributed by atoms with Gasteiger partial charge < -0.3 is 39.2 Å². The van der Waals surface area contributed by atoms with Crippen LogP contribution >= 0.6 is 0 Å². The topological polar surface area (TPSA) is 110 Å². The zero-order valence-corrected chi connectivity index (χ0v) is 26.3. The van der Waals surface area contributed by atoms with Gasteiger partial charge in [-0.2, -0.15) is 0 Å². The smallest absolute Gasteiger partial charge is 0.251 e. The highest BCUT2D eigenvalue weighted by molar-refractivity contribution is 6.08. The Bertz CT molecular complexity index is 1570. The number of methoxy groups -OCH3 is 1. The maximum atomic E-state index is 14.1. The van der Waals surface area contributed by atoms with Crippen molar-refractivity contribution in [1.29, 1.82) is 0 Å². The number of fused-ring (bicyclic) bond motifs is 1. The van der Waals surface area contributed by atoms with E-state index in [0.717, 1.165) is 22.4 Å². The molecule has 0 radical (unpaired) electrons. The van der Waals surface area contributed by atoms with Crippen LogP contribution in [0, 0.1) is 12.7 Å². The van der Waals surface area contributed by atoms with Crippen molar-refractivity contribution >= 4 is 23.2 Å². The molecule has 3 aromatic rings. The van der Waals surface area contributed by atoms with E-state index in [2.05, 4.69) is 5.32 Å². The average molecular weight is 622 g/mol. The number of carbonyl (C=O) groups is 2. The molecule has 240 valence electrons. The predicted molar refractivity (Wildman–Crippen MR) is 169 cm³/mol. The first-order valence-corrected chi connectivity index (χ1v) is 14.9. The zero-order valence-electron chi connectivity index (χ0n) is 26.3. The number of halogens is 1. The van der Waals surface area contributed by atoms with Crippen LogP contribution in [0.2, 0.25) is 0 Å². The van der Waals surface area contributed by atoms with Crippen LogP contribution in [0.15, 0.2) is 48.5 Å². The predicted octanol–water partition coefficient (Wildman–Crippen LogP) is 4.54. The number of rotatable bonds is 10. The third-order valence-electron chi connectivity index (χ3n) is 8.11. The molecule has 0 aliphatic carbocycles. The number of nitrogens with one attached hydrogen (secondary N) is 1. The molecule has 11 heteroatoms. The second kappa shape index (κ2) is 13.3. The number of aryl methyl sites for hydroxylation is 1. The second-order valence-corrected chi connectivity index (χ2v) is 11.8. The number of hydrogen-bond donors (Lipinski definition) is 2. The first-order chi connectivity index (χ1) is 21.5. The molecule has 10 nitrogen and oxygen atoms in total. The number of amides is 2. The van der Waals surface area contributed by atoms with E-state index in [1.54, 1.807) is 42.2 Å². The van der Waals surface area contributed by atoms with E-state index < -0.39 is 17.5 Å². The molecular weight excluding hydrogens is 581 g/mol. The number of carbonyl (C=O) groups excluding carboxylic acids is 2. The number of aliphatic hydroxyl groups excluding tert-OH is 1. The van der Waals surface area contributed by atoms with Crippen molar-refractivity contribution in [3.63, 3.8) is 0 Å². The summed E-state index contributed by atoms with van der Waals surface area (Å²) in [6.45, 7) is 7.49. The lowest BCUT2D eigenvalue weighted by molar-refractivity contribution is -0.137. The molecule has 2 aliphatic rings. The lowest BCUT2D eigenvalue weighted by Gasteiger charge is -2.39. The van der Waals surface area contributed by atoms with Crippen molar-refractivity contribution in [3.8, 4) is 28.4 Å². The Hall–Kier alpha value is -4.35. The van der Waals surface area contributed by atoms with Gasteiger partial charge in [0.1, 0.15) is 41.8 Å². The van der Waals surface area contributed by atoms with E-state index >= 15 is 0 Å². The molecule has 3 aromatic carbocycles. The highest BCUT2D eigenvalue weighted by Crippen LogP contribution is 2.45. The lowest BCUT2D eigenvalue weighted by Crippen LogP contribution is -2.52. The van der Waals surface area contributed by atoms with Crippen LogP contribution in [0.25, 0.3) is 11.1 Å². The average Bonchev–Trinajstić information content (AvgIpc) is 3.03. The van der Waals surface area contributed by atoms with Gasteiger partial charge in [-0.25, -0.2) is 4.39 Å². The SMILES string of the molecule is COc1cc(OCC(O)CC(=O)N2CCOCC2)ccc1-c1ccc2c(c1COc1cc(F)ccc1C)N(C)C(=O)C(C)(C)N2. The number of likely N-dealkylation sites (N-methyl/N-ethyl adjacent to an activating group) is 1. The van der Waals surface area contributed by atoms with E-state index in [-0.39, 0.29) is 31.4 Å². The van der Waals surface area contributed by atoms with E-state index in [0.29, 0.717) is 54.8 Å². The molecule has 0 bridgehead atoms. The molecule has 1 unspecified atom stereocenters. The van der Waals surface area contributed by atoms with Gasteiger partial charge in [-0.1, -0.05) is 12.1 Å². The molecule has 45 heavy (non-hydrogen) atoms. The van der Waals surface area contributed by atoms with Gasteiger partial charge in [-0.15, -0.1) is 0 Å². The molecule has 1 fully saturated rings. The van der Waals surface area contributed by atoms with Gasteiger partial charge in [0.2, 0.25) is 5.91 Å². The number of benzene rings is 3. The minimum atomic E-state index is -0.980. The number of morpholine rings is 1. The highest BCUT2D eigenvalue weighted by Gasteiger charge is 2.39. The summed E-state index contributed by atoms with van der Waals surface area (Å²) >= 11 is 0. The summed E-state index contributed by atoms with van der Waals surface area (Å²) in [6.07, 6.45) is -1.03. The van der Waals surface area contributed by atoms with E-state index in [9.17, 15) is 19.1 Å². The Morgan fingerprint density at radius 2 is 1.80 bits per heavy atom. The molecular formula is C34H40FN3O7. The fourth-order valence-corrected chi connectivity index (χ4v) is 5.69. The third-order valence-corrected chi connectivity index (χ3v) is 8.11. The molecule has 2 N–H and O–H groups in total. The maximum absolute atomic E-state index is 14.1. The summed E-state index contributed by atoms with van der Waals surface area (Å²) in [7, 11) is 3.27. The van der Waals surface area contributed by atoms with Crippen LogP contribution in [0.1, 0.15) is 31.4 Å². The summed E-state index contributed by atoms with van der Waals surface area (Å²) in [5.41, 5.74) is 3.56. The van der Waals surface area contributed by atoms with E-state index in [1.165, 1.54) is 12.1 Å². The largest absolute Gasteiger partial charge is 0.496 e. The van der Waals surface area contributed by atoms with Gasteiger partial charge in [-0.05, 0) is 56.2 Å². The number of ether oxygens (including phenoxy) is 4. The van der Waals surface area contributed by atoms with Crippen LogP contribution in [-0.2, 0) is 20.9 Å². The molecule has 5 rings (SSSR count). The minimum absolute atomic E-state index is 0.0461. The molecule has 2 amide bonds. The maximum Gasteiger partial charge on any atom is 0.251 e. The number of hydrogen-bond acceptors (Lipinski definition) is 8. The van der Waals surface area contributed by atoms with Crippen molar-refractivity contribution in [2.45, 2.75) is 45.4 Å². The van der Waals surface area contributed by atoms with Crippen molar-refractivity contribution in [3.05, 3.63) is 65.5 Å². The summed E-state index contributed by atoms with van der Waals surface area (Å²) in [6, 6.07) is 13.5. The molecule has 2 aliphatic heterocycles. The zero-order chi connectivity index (χ0) is 32.3. The first kappa shape index (κ1) is 32.1. The number of aliphatic hydroxyl groups is 1. The summed E-state index contributed by atoms with van der Waals surface area (Å²) in [5.74, 6) is 0.686. The Morgan fingerprint density at radius 1 is 1.07 bits per heavy atom. The standard InChI is InChI=1S/C34H40FN3O7/c1-21-6-7-22(35)16-29(21)45-20-27-25(10-11-28-32(27)37(4)33(41)34(2,3)36-28)26-9-8-24(18-30(26)42-5)44-19-23(39)17-31(40)38-12-14-43-15-13-38/h6-11,16,18,23,36,39H,12-15,17,19-20H2,1-5H3. The van der Waals surface area contributed by atoms with Crippen molar-refractivity contribution < 1.29 is 38.0 Å². The van der Waals surface area contributed by atoms with Gasteiger partial charge in [0, 0.05) is 43.4 Å². The first-order valence-electron chi connectivity index (χ1n) is 14.9. The van der Waals surface area contributed by atoms with Crippen molar-refractivity contribution in [2.75, 3.05) is 57.3 Å². The fraction of sp³-hybridized carbons (Fsp3) is 0.412. The van der Waals surface area contributed by atoms with Gasteiger partial charge in [-0.3, -0.25) is 9.59 Å². The number of nitrogens with zero attached hydrogens (tertiary/aromatic N) is 2. The monoisotopic (exact) mass is 621 g/mol. The Kier molecular flexibility index (Phi) is 9.50. The van der Waals surface area contributed by atoms with Crippen LogP contribution in [0.4, 0.5) is 15.8 Å². The summed E-state index contributed by atoms with van der Waals surface area (Å²) in [5, 5.41) is 13.8. The van der Waals surface area contributed by atoms with Gasteiger partial charge in [0.05, 0.1) is 44.2 Å². The van der Waals surface area contributed by atoms with Gasteiger partial charge in [0.25, 0.3) is 5.91 Å². The third kappa shape index (κ3) is 6.99. The van der Waals surface area contributed by atoms with Crippen molar-refractivity contribution in [2.24, 2.45) is 0 Å². The molecule has 0 spiro atoms.